The molecule has 6 rings (SSSR count). The Morgan fingerprint density at radius 2 is 1.38 bits per heavy atom. The maximum Gasteiger partial charge on any atom is 0.128 e. The fourth-order valence-corrected chi connectivity index (χ4v) is 6.95. The lowest BCUT2D eigenvalue weighted by atomic mass is 9.79. The van der Waals surface area contributed by atoms with Gasteiger partial charge in [0.15, 0.2) is 0 Å². The van der Waals surface area contributed by atoms with E-state index in [9.17, 15) is 9.50 Å². The molecule has 0 atom stereocenters. The lowest BCUT2D eigenvalue weighted by Gasteiger charge is -2.27. The largest absolute Gasteiger partial charge is 0.507 e. The van der Waals surface area contributed by atoms with E-state index < -0.39 is 0 Å². The fraction of sp³-hybridized carbons (Fsp3) is 0.286. The Morgan fingerprint density at radius 3 is 2.04 bits per heavy atom. The van der Waals surface area contributed by atoms with Gasteiger partial charge in [-0.15, -0.1) is 11.3 Å². The van der Waals surface area contributed by atoms with Crippen LogP contribution >= 0.6 is 11.3 Å². The van der Waals surface area contributed by atoms with Crippen molar-refractivity contribution in [2.45, 2.75) is 78.6 Å². The number of rotatable bonds is 4. The van der Waals surface area contributed by atoms with Crippen molar-refractivity contribution in [1.82, 2.24) is 4.98 Å². The fourth-order valence-electron chi connectivity index (χ4n) is 5.89. The predicted octanol–water partition coefficient (Wildman–Crippen LogP) is 12.3. The summed E-state index contributed by atoms with van der Waals surface area (Å²) in [6.07, 6.45) is 1.81. The molecule has 0 fully saturated rings. The standard InChI is InChI=1S/C42H43FN2OS/c1-40(2,3)28-20-27(38(46)34(22-28)42(7,8)9)24-44-36-31-13-11-10-12-25(31)16-19-32(36)39-45-37-33(26-14-17-30(43)18-15-26)21-29(41(4,5)6)23-35(37)47-39/h10-24,46H,1-9H3. The highest BCUT2D eigenvalue weighted by molar-refractivity contribution is 7.21. The lowest BCUT2D eigenvalue weighted by molar-refractivity contribution is 0.444. The van der Waals surface area contributed by atoms with Crippen molar-refractivity contribution >= 4 is 44.2 Å². The lowest BCUT2D eigenvalue weighted by Crippen LogP contribution is -2.17. The molecule has 0 unspecified atom stereocenters. The molecule has 0 spiro atoms. The van der Waals surface area contributed by atoms with Crippen LogP contribution in [0.2, 0.25) is 0 Å². The molecular weight excluding hydrogens is 600 g/mol. The molecule has 0 aliphatic rings. The predicted molar refractivity (Wildman–Crippen MR) is 199 cm³/mol. The first kappa shape index (κ1) is 32.6. The van der Waals surface area contributed by atoms with Gasteiger partial charge in [0.25, 0.3) is 0 Å². The molecule has 1 aromatic heterocycles. The van der Waals surface area contributed by atoms with Crippen molar-refractivity contribution in [3.63, 3.8) is 0 Å². The first-order chi connectivity index (χ1) is 22.0. The monoisotopic (exact) mass is 642 g/mol. The number of nitrogens with zero attached hydrogens (tertiary/aromatic N) is 2. The van der Waals surface area contributed by atoms with E-state index in [2.05, 4.69) is 111 Å². The molecule has 1 N–H and O–H groups in total. The smallest absolute Gasteiger partial charge is 0.128 e. The van der Waals surface area contributed by atoms with Gasteiger partial charge in [-0.05, 0) is 74.7 Å². The zero-order chi connectivity index (χ0) is 33.9. The van der Waals surface area contributed by atoms with Crippen molar-refractivity contribution < 1.29 is 9.50 Å². The second-order valence-corrected chi connectivity index (χ2v) is 16.6. The summed E-state index contributed by atoms with van der Waals surface area (Å²) in [5.74, 6) is -0.00188. The van der Waals surface area contributed by atoms with Gasteiger partial charge in [0.1, 0.15) is 16.6 Å². The third-order valence-corrected chi connectivity index (χ3v) is 9.83. The van der Waals surface area contributed by atoms with Gasteiger partial charge in [-0.25, -0.2) is 9.37 Å². The van der Waals surface area contributed by atoms with Crippen LogP contribution < -0.4 is 0 Å². The highest BCUT2D eigenvalue weighted by atomic mass is 32.1. The normalized spacial score (nSPS) is 12.9. The first-order valence-corrected chi connectivity index (χ1v) is 17.0. The third-order valence-electron chi connectivity index (χ3n) is 8.79. The molecule has 6 aromatic rings. The summed E-state index contributed by atoms with van der Waals surface area (Å²) in [6, 6.07) is 27.7. The Labute approximate surface area is 281 Å². The number of phenols is 1. The van der Waals surface area contributed by atoms with Gasteiger partial charge in [0, 0.05) is 33.9 Å². The maximum atomic E-state index is 13.9. The van der Waals surface area contributed by atoms with Gasteiger partial charge in [-0.2, -0.15) is 0 Å². The Morgan fingerprint density at radius 1 is 0.723 bits per heavy atom. The summed E-state index contributed by atoms with van der Waals surface area (Å²) in [4.78, 5) is 10.4. The zero-order valence-electron chi connectivity index (χ0n) is 28.8. The van der Waals surface area contributed by atoms with E-state index >= 15 is 0 Å². The second kappa shape index (κ2) is 11.7. The van der Waals surface area contributed by atoms with Gasteiger partial charge in [-0.3, -0.25) is 4.99 Å². The summed E-state index contributed by atoms with van der Waals surface area (Å²) in [5.41, 5.74) is 8.04. The van der Waals surface area contributed by atoms with E-state index in [1.807, 2.05) is 24.3 Å². The molecule has 0 aliphatic carbocycles. The van der Waals surface area contributed by atoms with E-state index in [-0.39, 0.29) is 27.8 Å². The number of halogens is 1. The number of aromatic hydroxyl groups is 1. The molecule has 1 heterocycles. The Bertz CT molecular complexity index is 2150. The molecular formula is C42H43FN2OS. The second-order valence-electron chi connectivity index (χ2n) is 15.5. The van der Waals surface area contributed by atoms with Crippen LogP contribution in [0, 0.1) is 5.82 Å². The summed E-state index contributed by atoms with van der Waals surface area (Å²) in [6.45, 7) is 19.5. The van der Waals surface area contributed by atoms with E-state index in [0.29, 0.717) is 5.56 Å². The van der Waals surface area contributed by atoms with Crippen LogP contribution in [-0.2, 0) is 16.2 Å². The summed E-state index contributed by atoms with van der Waals surface area (Å²) in [7, 11) is 0. The summed E-state index contributed by atoms with van der Waals surface area (Å²) < 4.78 is 15.0. The molecule has 0 saturated carbocycles. The van der Waals surface area contributed by atoms with Crippen molar-refractivity contribution in [3.8, 4) is 27.4 Å². The quantitative estimate of drug-likeness (QED) is 0.195. The highest BCUT2D eigenvalue weighted by Gasteiger charge is 2.25. The molecule has 240 valence electrons. The average molecular weight is 643 g/mol. The van der Waals surface area contributed by atoms with Gasteiger partial charge in [0.05, 0.1) is 15.9 Å². The van der Waals surface area contributed by atoms with Crippen molar-refractivity contribution in [1.29, 1.82) is 0 Å². The number of aromatic nitrogens is 1. The molecule has 5 aromatic carbocycles. The van der Waals surface area contributed by atoms with Crippen LogP contribution in [0.25, 0.3) is 42.7 Å². The van der Waals surface area contributed by atoms with Gasteiger partial charge >= 0.3 is 0 Å². The number of phenolic OH excluding ortho intramolecular Hbond substituents is 1. The van der Waals surface area contributed by atoms with Crippen molar-refractivity contribution in [3.05, 3.63) is 113 Å². The van der Waals surface area contributed by atoms with Crippen LogP contribution in [0.1, 0.15) is 84.6 Å². The Balaban J connectivity index is 1.58. The number of fused-ring (bicyclic) bond motifs is 2. The Kier molecular flexibility index (Phi) is 8.12. The minimum Gasteiger partial charge on any atom is -0.507 e. The average Bonchev–Trinajstić information content (AvgIpc) is 3.43. The van der Waals surface area contributed by atoms with E-state index in [1.54, 1.807) is 17.6 Å². The summed E-state index contributed by atoms with van der Waals surface area (Å²) >= 11 is 1.64. The van der Waals surface area contributed by atoms with E-state index in [4.69, 9.17) is 9.98 Å². The van der Waals surface area contributed by atoms with Crippen molar-refractivity contribution in [2.75, 3.05) is 0 Å². The molecule has 0 amide bonds. The zero-order valence-corrected chi connectivity index (χ0v) is 29.6. The van der Waals surface area contributed by atoms with Crippen LogP contribution in [0.15, 0.2) is 89.9 Å². The SMILES string of the molecule is CC(C)(C)c1cc(C=Nc2c(-c3nc4c(-c5ccc(F)cc5)cc(C(C)(C)C)cc4s3)ccc3ccccc23)c(O)c(C(C)(C)C)c1. The molecule has 0 bridgehead atoms. The molecule has 5 heteroatoms. The number of thiazole rings is 1. The third kappa shape index (κ3) is 6.46. The van der Waals surface area contributed by atoms with Crippen molar-refractivity contribution in [2.24, 2.45) is 4.99 Å². The minimum atomic E-state index is -0.261. The number of hydrogen-bond donors (Lipinski definition) is 1. The van der Waals surface area contributed by atoms with Gasteiger partial charge in [0.2, 0.25) is 0 Å². The molecule has 47 heavy (non-hydrogen) atoms. The molecule has 0 radical (unpaired) electrons. The van der Waals surface area contributed by atoms with Crippen LogP contribution in [0.4, 0.5) is 10.1 Å². The van der Waals surface area contributed by atoms with E-state index in [0.717, 1.165) is 59.5 Å². The van der Waals surface area contributed by atoms with E-state index in [1.165, 1.54) is 17.7 Å². The number of aliphatic imine (C=N–C) groups is 1. The maximum absolute atomic E-state index is 13.9. The van der Waals surface area contributed by atoms with Crippen LogP contribution in [0.5, 0.6) is 5.75 Å². The van der Waals surface area contributed by atoms with Gasteiger partial charge < -0.3 is 5.11 Å². The molecule has 3 nitrogen and oxygen atoms in total. The number of benzene rings is 5. The minimum absolute atomic E-state index is 0.0823. The van der Waals surface area contributed by atoms with Crippen LogP contribution in [0.3, 0.4) is 0 Å². The topological polar surface area (TPSA) is 45.5 Å². The number of hydrogen-bond acceptors (Lipinski definition) is 4. The molecule has 0 aliphatic heterocycles. The molecule has 0 saturated heterocycles. The van der Waals surface area contributed by atoms with Gasteiger partial charge in [-0.1, -0.05) is 111 Å². The van der Waals surface area contributed by atoms with Crippen LogP contribution in [-0.4, -0.2) is 16.3 Å². The Hall–Kier alpha value is -4.35. The highest BCUT2D eigenvalue weighted by Crippen LogP contribution is 2.44. The summed E-state index contributed by atoms with van der Waals surface area (Å²) in [5, 5.41) is 14.5. The first-order valence-electron chi connectivity index (χ1n) is 16.2.